The molecule has 1 rings (SSSR count). The molecule has 1 aliphatic rings. The number of ketones is 1. The van der Waals surface area contributed by atoms with Gasteiger partial charge in [0.1, 0.15) is 0 Å². The zero-order chi connectivity index (χ0) is 12.7. The van der Waals surface area contributed by atoms with Gasteiger partial charge in [0.25, 0.3) is 0 Å². The summed E-state index contributed by atoms with van der Waals surface area (Å²) in [4.78, 5) is 18.6. The molecule has 1 aliphatic heterocycles. The van der Waals surface area contributed by atoms with E-state index in [4.69, 9.17) is 9.90 Å². The van der Waals surface area contributed by atoms with Crippen LogP contribution in [0.3, 0.4) is 0 Å². The summed E-state index contributed by atoms with van der Waals surface area (Å²) in [6.07, 6.45) is 1.56. The maximum absolute atomic E-state index is 9.70. The Bertz CT molecular complexity index is 151. The van der Waals surface area contributed by atoms with E-state index in [2.05, 4.69) is 25.5 Å². The monoisotopic (exact) mass is 662 g/mol. The number of carbonyl (C=O) groups excluding carboxylic acids is 1. The van der Waals surface area contributed by atoms with Crippen LogP contribution >= 0.6 is 0 Å². The van der Waals surface area contributed by atoms with Crippen LogP contribution in [0.2, 0.25) is 0 Å². The first-order valence-electron chi connectivity index (χ1n) is 4.68. The number of rotatable bonds is 1. The summed E-state index contributed by atoms with van der Waals surface area (Å²) < 4.78 is 4.50. The molecule has 0 atom stereocenters. The average Bonchev–Trinajstić information content (AvgIpc) is 2.90. The molecule has 0 aromatic rings. The number of aliphatic carboxylic acids is 1. The molecule has 0 amide bonds. The number of carboxylic acid groups (broad SMARTS) is 1. The number of epoxide rings is 1. The molecule has 0 unspecified atom stereocenters. The minimum atomic E-state index is -1.08. The molecule has 0 aromatic carbocycles. The quantitative estimate of drug-likeness (QED) is 0.345. The van der Waals surface area contributed by atoms with E-state index in [-0.39, 0.29) is 169 Å². The summed E-state index contributed by atoms with van der Waals surface area (Å²) in [5, 5.41) is 7.31. The Kier molecular flexibility index (Phi) is 123. The summed E-state index contributed by atoms with van der Waals surface area (Å²) in [7, 11) is 0. The number of ether oxygens (including phenoxy) is 1. The van der Waals surface area contributed by atoms with Gasteiger partial charge >= 0.3 is 0 Å². The zero-order valence-electron chi connectivity index (χ0n) is 12.5. The molecule has 1 fully saturated rings. The van der Waals surface area contributed by atoms with E-state index in [0.717, 1.165) is 19.6 Å². The van der Waals surface area contributed by atoms with Gasteiger partial charge in [-0.05, 0) is 12.2 Å². The molecule has 0 aliphatic carbocycles. The molecule has 107 valence electrons. The third-order valence-electron chi connectivity index (χ3n) is 0.598. The first-order valence-corrected chi connectivity index (χ1v) is 4.68. The minimum Gasteiger partial charge on any atom is -0.503 e. The van der Waals surface area contributed by atoms with Crippen LogP contribution in [0.5, 0.6) is 0 Å². The molecule has 5 radical (unpaired) electrons. The Morgan fingerprint density at radius 2 is 1.10 bits per heavy atom. The second-order valence-corrected chi connectivity index (χ2v) is 2.40. The molecule has 1 saturated heterocycles. The maximum Gasteiger partial charge on any atom is 0.161 e. The van der Waals surface area contributed by atoms with Crippen LogP contribution in [0.25, 0.3) is 0 Å². The normalized spacial score (nSPS) is 7.55. The molecule has 0 aromatic heterocycles. The van der Waals surface area contributed by atoms with Crippen LogP contribution in [0.4, 0.5) is 0 Å². The summed E-state index contributed by atoms with van der Waals surface area (Å²) in [6.45, 7) is 15.0. The van der Waals surface area contributed by atoms with E-state index < -0.39 is 5.97 Å². The van der Waals surface area contributed by atoms with Crippen molar-refractivity contribution in [3.8, 4) is 0 Å². The van der Waals surface area contributed by atoms with Crippen molar-refractivity contribution in [2.45, 2.75) is 26.7 Å². The van der Waals surface area contributed by atoms with Crippen molar-refractivity contribution in [3.05, 3.63) is 20.8 Å². The van der Waals surface area contributed by atoms with Crippen LogP contribution in [-0.2, 0) is 178 Å². The van der Waals surface area contributed by atoms with Gasteiger partial charge in [0, 0.05) is 164 Å². The molecule has 0 saturated carbocycles. The second-order valence-electron chi connectivity index (χ2n) is 2.40. The summed E-state index contributed by atoms with van der Waals surface area (Å²) >= 11 is 0. The second kappa shape index (κ2) is 49.5. The van der Waals surface area contributed by atoms with Crippen LogP contribution in [0.15, 0.2) is 0 Å². The molecule has 4 nitrogen and oxygen atoms in total. The van der Waals surface area contributed by atoms with Crippen molar-refractivity contribution in [1.82, 2.24) is 0 Å². The fourth-order valence-electron chi connectivity index (χ4n) is 0. The molecule has 0 spiro atoms. The van der Waals surface area contributed by atoms with Crippen molar-refractivity contribution in [1.29, 1.82) is 0 Å². The predicted molar refractivity (Wildman–Crippen MR) is 60.1 cm³/mol. The van der Waals surface area contributed by atoms with Gasteiger partial charge in [-0.3, -0.25) is 11.7 Å². The zero-order valence-corrected chi connectivity index (χ0v) is 26.7. The van der Waals surface area contributed by atoms with E-state index in [1.807, 2.05) is 6.92 Å². The predicted octanol–water partition coefficient (Wildman–Crippen LogP) is 1.94. The van der Waals surface area contributed by atoms with Crippen LogP contribution in [0.1, 0.15) is 26.7 Å². The fourth-order valence-corrected chi connectivity index (χ4v) is 0. The van der Waals surface area contributed by atoms with Crippen LogP contribution in [0, 0.1) is 20.8 Å². The number of hydrogen-bond donors (Lipinski definition) is 1. The standard InChI is InChI=1S/C4H7O.C3H7.C2H3O2.C2H4O.5Y/c1-3-4(2)5;1-3-2;1-2(3)4;1-2-3-1;;;;;/h2-3H2,1H3;1,3H2,2H3;1H2,(H,3,4);1-2H2;;;;;/q3*-1;;;;;;. The third-order valence-corrected chi connectivity index (χ3v) is 0.598. The van der Waals surface area contributed by atoms with Crippen molar-refractivity contribution < 1.29 is 183 Å². The third kappa shape index (κ3) is 188. The van der Waals surface area contributed by atoms with E-state index in [9.17, 15) is 4.79 Å². The van der Waals surface area contributed by atoms with Gasteiger partial charge < -0.3 is 28.5 Å². The maximum atomic E-state index is 9.70. The SMILES string of the molecule is C1CO1.[CH2-]C(=O)CC.[CH2-]C(=O)O.[CH2-]CC.[Y].[Y].[Y].[Y].[Y]. The average molecular weight is 662 g/mol. The Morgan fingerprint density at radius 3 is 1.10 bits per heavy atom. The molecule has 1 heterocycles. The van der Waals surface area contributed by atoms with E-state index >= 15 is 0 Å². The first kappa shape index (κ1) is 49.7. The topological polar surface area (TPSA) is 66.9 Å². The van der Waals surface area contributed by atoms with Gasteiger partial charge in [0.2, 0.25) is 0 Å². The summed E-state index contributed by atoms with van der Waals surface area (Å²) in [5.41, 5.74) is 0. The molecule has 1 N–H and O–H groups in total. The number of hydrogen-bond acceptors (Lipinski definition) is 3. The van der Waals surface area contributed by atoms with Gasteiger partial charge in [-0.25, -0.2) is 0 Å². The van der Waals surface area contributed by atoms with Crippen molar-refractivity contribution in [2.75, 3.05) is 13.2 Å². The summed E-state index contributed by atoms with van der Waals surface area (Å²) in [6, 6.07) is 0. The van der Waals surface area contributed by atoms with Gasteiger partial charge in [-0.15, -0.1) is 0 Å². The Balaban J connectivity index is -0.0000000150. The van der Waals surface area contributed by atoms with E-state index in [1.54, 1.807) is 6.92 Å². The van der Waals surface area contributed by atoms with Crippen LogP contribution in [-0.4, -0.2) is 30.1 Å². The number of carbonyl (C=O) groups is 2. The molecule has 9 heteroatoms. The van der Waals surface area contributed by atoms with Gasteiger partial charge in [0.05, 0.1) is 13.2 Å². The Hall–Kier alpha value is 4.36. The first-order chi connectivity index (χ1) is 6.92. The Morgan fingerprint density at radius 1 is 1.00 bits per heavy atom. The molecular weight excluding hydrogens is 641 g/mol. The van der Waals surface area contributed by atoms with Crippen molar-refractivity contribution in [3.63, 3.8) is 0 Å². The fraction of sp³-hybridized carbons (Fsp3) is 0.545. The van der Waals surface area contributed by atoms with Crippen molar-refractivity contribution >= 4 is 11.8 Å². The van der Waals surface area contributed by atoms with E-state index in [1.165, 1.54) is 0 Å². The molecule has 20 heavy (non-hydrogen) atoms. The van der Waals surface area contributed by atoms with Gasteiger partial charge in [0.15, 0.2) is 5.97 Å². The smallest absolute Gasteiger partial charge is 0.161 e. The van der Waals surface area contributed by atoms with Gasteiger partial charge in [-0.1, -0.05) is 13.8 Å². The molecule has 0 bridgehead atoms. The number of Topliss-reactive ketones (excluding diaryl/α,β-unsaturated/α-hetero) is 1. The number of carboxylic acids is 1. The van der Waals surface area contributed by atoms with Crippen LogP contribution < -0.4 is 0 Å². The minimum absolute atomic E-state index is 0. The van der Waals surface area contributed by atoms with E-state index in [0.29, 0.717) is 6.42 Å². The largest absolute Gasteiger partial charge is 0.503 e. The van der Waals surface area contributed by atoms with Gasteiger partial charge in [-0.2, -0.15) is 6.42 Å². The Labute approximate surface area is 250 Å². The molecular formula is C11H21O4Y5-3. The summed E-state index contributed by atoms with van der Waals surface area (Å²) in [5.74, 6) is -1.08. The van der Waals surface area contributed by atoms with Crippen molar-refractivity contribution in [2.24, 2.45) is 0 Å².